The van der Waals surface area contributed by atoms with E-state index in [1.807, 2.05) is 0 Å². The summed E-state index contributed by atoms with van der Waals surface area (Å²) < 4.78 is 87.8. The Labute approximate surface area is 532 Å². The van der Waals surface area contributed by atoms with Crippen molar-refractivity contribution in [1.82, 2.24) is 10.6 Å². The molecule has 546 valence electrons. The van der Waals surface area contributed by atoms with Crippen molar-refractivity contribution in [3.05, 3.63) is 0 Å². The average molecular weight is 1380 g/mol. The number of rotatable bonds is 23. The fourth-order valence-corrected chi connectivity index (χ4v) is 12.1. The monoisotopic (exact) mass is 1380 g/mol. The number of aliphatic hydroxyl groups is 23. The van der Waals surface area contributed by atoms with E-state index in [0.717, 1.165) is 13.8 Å². The molecule has 0 aromatic carbocycles. The Kier molecular flexibility index (Phi) is 27.3. The lowest BCUT2D eigenvalue weighted by molar-refractivity contribution is -0.390. The van der Waals surface area contributed by atoms with Gasteiger partial charge in [0.1, 0.15) is 189 Å². The molecule has 25 N–H and O–H groups in total. The van der Waals surface area contributed by atoms with Crippen molar-refractivity contribution in [1.29, 1.82) is 0 Å². The lowest BCUT2D eigenvalue weighted by Crippen LogP contribution is -2.71. The van der Waals surface area contributed by atoms with E-state index >= 15 is 0 Å². The topological polar surface area (TPSA) is 662 Å². The van der Waals surface area contributed by atoms with Crippen LogP contribution in [0.5, 0.6) is 0 Å². The molecule has 42 heteroatoms. The fourth-order valence-electron chi connectivity index (χ4n) is 12.1. The van der Waals surface area contributed by atoms with Crippen LogP contribution in [0.15, 0.2) is 0 Å². The van der Waals surface area contributed by atoms with Gasteiger partial charge in [0.15, 0.2) is 50.3 Å². The highest BCUT2D eigenvalue weighted by Crippen LogP contribution is 2.39. The second-order valence-corrected chi connectivity index (χ2v) is 23.9. The van der Waals surface area contributed by atoms with Gasteiger partial charge in [0.25, 0.3) is 0 Å². The maximum atomic E-state index is 13.2. The molecule has 2 amide bonds. The second-order valence-electron chi connectivity index (χ2n) is 23.9. The summed E-state index contributed by atoms with van der Waals surface area (Å²) in [4.78, 5) is 26.4. The van der Waals surface area contributed by atoms with Gasteiger partial charge in [-0.25, -0.2) is 0 Å². The van der Waals surface area contributed by atoms with Gasteiger partial charge in [-0.15, -0.1) is 0 Å². The molecule has 42 nitrogen and oxygen atoms in total. The van der Waals surface area contributed by atoms with Crippen molar-refractivity contribution in [3.63, 3.8) is 0 Å². The van der Waals surface area contributed by atoms with Crippen molar-refractivity contribution in [3.8, 4) is 0 Å². The number of nitrogens with one attached hydrogen (secondary N) is 2. The van der Waals surface area contributed by atoms with Gasteiger partial charge in [0.2, 0.25) is 11.8 Å². The summed E-state index contributed by atoms with van der Waals surface area (Å²) >= 11 is 0. The molecular formula is C52H88N2O40. The highest BCUT2D eigenvalue weighted by molar-refractivity contribution is 5.73. The van der Waals surface area contributed by atoms with E-state index < -0.39 is 304 Å². The van der Waals surface area contributed by atoms with Crippen LogP contribution in [0.2, 0.25) is 0 Å². The van der Waals surface area contributed by atoms with Gasteiger partial charge >= 0.3 is 0 Å². The van der Waals surface area contributed by atoms with Gasteiger partial charge < -0.3 is 199 Å². The molecule has 8 fully saturated rings. The van der Waals surface area contributed by atoms with Crippen molar-refractivity contribution in [2.24, 2.45) is 0 Å². The Hall–Kier alpha value is -2.58. The zero-order valence-electron chi connectivity index (χ0n) is 50.3. The highest BCUT2D eigenvalue weighted by Gasteiger charge is 2.60. The minimum absolute atomic E-state index is 0.914. The summed E-state index contributed by atoms with van der Waals surface area (Å²) in [5, 5.41) is 254. The summed E-state index contributed by atoms with van der Waals surface area (Å²) in [5.41, 5.74) is 0. The molecule has 0 radical (unpaired) electrons. The number of ether oxygens (including phenoxy) is 15. The number of carbonyl (C=O) groups excluding carboxylic acids is 2. The van der Waals surface area contributed by atoms with Crippen LogP contribution < -0.4 is 10.6 Å². The molecule has 0 aliphatic carbocycles. The van der Waals surface area contributed by atoms with Gasteiger partial charge in [0, 0.05) is 13.8 Å². The van der Waals surface area contributed by atoms with Crippen LogP contribution in [0.3, 0.4) is 0 Å². The predicted octanol–water partition coefficient (Wildman–Crippen LogP) is -17.1. The van der Waals surface area contributed by atoms with Crippen LogP contribution in [0.4, 0.5) is 0 Å². The molecule has 0 saturated carbocycles. The summed E-state index contributed by atoms with van der Waals surface area (Å²) in [6.45, 7) is -4.12. The number of hydrogen-bond donors (Lipinski definition) is 25. The maximum Gasteiger partial charge on any atom is 0.217 e. The number of hydrogen-bond acceptors (Lipinski definition) is 40. The Morgan fingerprint density at radius 1 is 0.298 bits per heavy atom. The summed E-state index contributed by atoms with van der Waals surface area (Å²) in [5.74, 6) is -1.89. The Morgan fingerprint density at radius 3 is 1.12 bits per heavy atom. The number of amides is 2. The third-order valence-electron chi connectivity index (χ3n) is 17.4. The van der Waals surface area contributed by atoms with E-state index in [1.165, 1.54) is 6.92 Å². The molecule has 8 heterocycles. The Bertz CT molecular complexity index is 2360. The number of carbonyl (C=O) groups is 2. The average Bonchev–Trinajstić information content (AvgIpc) is 0.777. The fraction of sp³-hybridized carbons (Fsp3) is 0.962. The summed E-state index contributed by atoms with van der Waals surface area (Å²) in [7, 11) is 0. The molecule has 8 aliphatic rings. The summed E-state index contributed by atoms with van der Waals surface area (Å²) in [6, 6.07) is -3.81. The molecule has 40 atom stereocenters. The van der Waals surface area contributed by atoms with Gasteiger partial charge in [0.05, 0.1) is 52.4 Å². The molecule has 0 unspecified atom stereocenters. The highest BCUT2D eigenvalue weighted by atomic mass is 16.8. The molecule has 8 rings (SSSR count). The molecular weight excluding hydrogens is 1290 g/mol. The summed E-state index contributed by atoms with van der Waals surface area (Å²) in [6.07, 6.45) is -75.6. The Balaban J connectivity index is 1.11. The zero-order chi connectivity index (χ0) is 69.2. The van der Waals surface area contributed by atoms with E-state index in [4.69, 9.17) is 71.1 Å². The van der Waals surface area contributed by atoms with Gasteiger partial charge in [-0.1, -0.05) is 0 Å². The third kappa shape index (κ3) is 16.4. The van der Waals surface area contributed by atoms with Crippen LogP contribution in [0.25, 0.3) is 0 Å². The minimum Gasteiger partial charge on any atom is -0.394 e. The molecule has 0 aromatic rings. The van der Waals surface area contributed by atoms with Gasteiger partial charge in [-0.3, -0.25) is 9.59 Å². The molecule has 8 aliphatic heterocycles. The first-order valence-corrected chi connectivity index (χ1v) is 30.0. The van der Waals surface area contributed by atoms with Crippen molar-refractivity contribution >= 4 is 11.8 Å². The quantitative estimate of drug-likeness (QED) is 0.0452. The van der Waals surface area contributed by atoms with Crippen molar-refractivity contribution < 1.29 is 198 Å². The van der Waals surface area contributed by atoms with E-state index in [-0.39, 0.29) is 0 Å². The molecule has 94 heavy (non-hydrogen) atoms. The van der Waals surface area contributed by atoms with Crippen molar-refractivity contribution in [2.45, 2.75) is 266 Å². The van der Waals surface area contributed by atoms with Gasteiger partial charge in [-0.2, -0.15) is 0 Å². The molecule has 0 bridgehead atoms. The van der Waals surface area contributed by atoms with E-state index in [1.54, 1.807) is 0 Å². The van der Waals surface area contributed by atoms with Crippen LogP contribution in [0.1, 0.15) is 20.8 Å². The minimum atomic E-state index is -2.38. The SMILES string of the molecule is CC(=O)N[C@H]1[C@H](OC[C@H]2O[C@@H](O[C@H]3[C@@H](O)[C@@H](CO)O[C@H](O[C@@H]4[C@H](O)[C@@H](O)[C@H](O[C@H]5[C@H](O)[C@@H](O)[C@H](O)O[C@@H]5CO)O[C@@H]4CO)[C@@H]3O)[C@H](NC(C)=O)[C@@H](O[C@@H]3O[C@H](CO)[C@H](O)[C@H](O)[C@H]3O)[C@H]2O)O[C@H](CO)[C@@H](O[C@@H]2O[C@H](CO)[C@H](O)[C@H](O)[C@H]2O)[C@@H]1O[C@@H]1O[C@@H](C)[C@@H](O)[C@@H](O)[C@@H]1O. The van der Waals surface area contributed by atoms with Crippen LogP contribution >= 0.6 is 0 Å². The second kappa shape index (κ2) is 33.3. The standard InChI is InChI=1S/C52H88N2O40/c1-11-23(63)28(68)34(74)48(81-11)93-43-22(54-13(3)62)46(86-19(9-60)41(43)91-49-35(75)29(69)24(64)14(4-55)83-49)80-10-20-27(67)42(92-50-36(76)30(70)25(65)15(5-56)84-50)21(53-12(2)61)47(88-20)94-44-26(66)16(6-57)85-52(38(44)78)90-40-18(8-59)87-51(37(77)32(40)72)89-39-17(7-58)82-45(79)33(73)31(39)71/h11,14-52,55-60,63-79H,4-10H2,1-3H3,(H,53,61)(H,54,62)/t11-,14+,15+,16+,17+,18+,19+,20+,21+,22+,23+,24-,25-,26-,27-,28+,29-,30-,31+,32+,33+,34-,35+,36+,37+,38+,39+,40-,41+,42+,43+,44-,45+,46+,47-,48-,49-,50-,51-,52+/m0/s1. The van der Waals surface area contributed by atoms with E-state index in [9.17, 15) is 127 Å². The smallest absolute Gasteiger partial charge is 0.217 e. The normalized spacial score (nSPS) is 51.2. The first-order valence-electron chi connectivity index (χ1n) is 30.0. The molecule has 0 aromatic heterocycles. The Morgan fingerprint density at radius 2 is 0.628 bits per heavy atom. The lowest BCUT2D eigenvalue weighted by Gasteiger charge is -2.51. The van der Waals surface area contributed by atoms with Crippen LogP contribution in [0, 0.1) is 0 Å². The van der Waals surface area contributed by atoms with Crippen molar-refractivity contribution in [2.75, 3.05) is 46.2 Å². The molecule has 0 spiro atoms. The van der Waals surface area contributed by atoms with Crippen LogP contribution in [-0.4, -0.2) is 421 Å². The van der Waals surface area contributed by atoms with Gasteiger partial charge in [-0.05, 0) is 6.92 Å². The third-order valence-corrected chi connectivity index (χ3v) is 17.4. The van der Waals surface area contributed by atoms with E-state index in [2.05, 4.69) is 10.6 Å². The zero-order valence-corrected chi connectivity index (χ0v) is 50.3. The first kappa shape index (κ1) is 77.2. The maximum absolute atomic E-state index is 13.2. The van der Waals surface area contributed by atoms with E-state index in [0.29, 0.717) is 0 Å². The predicted molar refractivity (Wildman–Crippen MR) is 286 cm³/mol. The molecule has 8 saturated heterocycles. The lowest BCUT2D eigenvalue weighted by atomic mass is 9.93. The number of aliphatic hydroxyl groups excluding tert-OH is 23. The first-order chi connectivity index (χ1) is 44.4. The van der Waals surface area contributed by atoms with Crippen LogP contribution in [-0.2, 0) is 80.6 Å². The largest absolute Gasteiger partial charge is 0.394 e.